The minimum Gasteiger partial charge on any atom is -0.413 e. The van der Waals surface area contributed by atoms with E-state index in [9.17, 15) is 30.8 Å². The first-order chi connectivity index (χ1) is 16.4. The molecule has 0 unspecified atom stereocenters. The first-order valence-corrected chi connectivity index (χ1v) is 12.3. The van der Waals surface area contributed by atoms with Crippen LogP contribution in [0, 0.1) is 12.7 Å². The second kappa shape index (κ2) is 9.29. The smallest absolute Gasteiger partial charge is 0.413 e. The minimum absolute atomic E-state index is 0.0175. The highest BCUT2D eigenvalue weighted by atomic mass is 32.2. The number of hydrogen-bond acceptors (Lipinski definition) is 6. The molecule has 1 aromatic heterocycles. The van der Waals surface area contributed by atoms with Crippen LogP contribution in [0.5, 0.6) is 0 Å². The molecule has 1 saturated heterocycles. The number of alkyl halides is 3. The number of anilines is 1. The first kappa shape index (κ1) is 24.6. The molecule has 13 heteroatoms. The molecule has 0 aliphatic carbocycles. The molecule has 2 heterocycles. The molecular weight excluding hydrogens is 492 g/mol. The summed E-state index contributed by atoms with van der Waals surface area (Å²) in [7, 11) is -3.21. The highest BCUT2D eigenvalue weighted by molar-refractivity contribution is 7.91. The summed E-state index contributed by atoms with van der Waals surface area (Å²) in [6.07, 6.45) is -4.83. The van der Waals surface area contributed by atoms with Crippen molar-refractivity contribution >= 4 is 21.6 Å². The van der Waals surface area contributed by atoms with Crippen molar-refractivity contribution < 1.29 is 35.2 Å². The van der Waals surface area contributed by atoms with E-state index >= 15 is 0 Å². The molecule has 0 bridgehead atoms. The molecule has 2 aromatic carbocycles. The number of rotatable bonds is 4. The number of aromatic nitrogens is 2. The van der Waals surface area contributed by atoms with E-state index in [1.807, 2.05) is 13.0 Å². The molecule has 4 rings (SSSR count). The van der Waals surface area contributed by atoms with Gasteiger partial charge in [0.1, 0.15) is 5.82 Å². The fraction of sp³-hybridized carbons (Fsp3) is 0.318. The van der Waals surface area contributed by atoms with Crippen LogP contribution in [0.1, 0.15) is 17.0 Å². The van der Waals surface area contributed by atoms with Crippen molar-refractivity contribution in [2.45, 2.75) is 19.6 Å². The Morgan fingerprint density at radius 1 is 1.11 bits per heavy atom. The monoisotopic (exact) mass is 512 g/mol. The molecule has 35 heavy (non-hydrogen) atoms. The van der Waals surface area contributed by atoms with Gasteiger partial charge in [0.05, 0.1) is 18.1 Å². The number of carbonyl (C=O) groups excluding carboxylic acids is 1. The molecule has 3 aromatic rings. The number of aryl methyl sites for hydroxylation is 1. The van der Waals surface area contributed by atoms with Gasteiger partial charge in [0.15, 0.2) is 9.84 Å². The van der Waals surface area contributed by atoms with Crippen LogP contribution < -0.4 is 4.90 Å². The van der Waals surface area contributed by atoms with Crippen molar-refractivity contribution in [2.75, 3.05) is 29.5 Å². The van der Waals surface area contributed by atoms with Crippen molar-refractivity contribution in [3.8, 4) is 11.5 Å². The van der Waals surface area contributed by atoms with Gasteiger partial charge in [0, 0.05) is 29.9 Å². The maximum atomic E-state index is 15.0. The van der Waals surface area contributed by atoms with Gasteiger partial charge in [0.2, 0.25) is 5.89 Å². The fourth-order valence-electron chi connectivity index (χ4n) is 3.57. The predicted octanol–water partition coefficient (Wildman–Crippen LogP) is 4.06. The zero-order valence-corrected chi connectivity index (χ0v) is 19.2. The van der Waals surface area contributed by atoms with Gasteiger partial charge in [0.25, 0.3) is 0 Å². The Kier molecular flexibility index (Phi) is 6.54. The lowest BCUT2D eigenvalue weighted by Gasteiger charge is -2.33. The third kappa shape index (κ3) is 5.61. The Labute approximate surface area is 198 Å². The van der Waals surface area contributed by atoms with E-state index in [0.717, 1.165) is 11.6 Å². The Bertz CT molecular complexity index is 1340. The van der Waals surface area contributed by atoms with Crippen molar-refractivity contribution in [3.63, 3.8) is 0 Å². The minimum atomic E-state index is -4.83. The highest BCUT2D eigenvalue weighted by Crippen LogP contribution is 2.31. The molecule has 1 aliphatic rings. The summed E-state index contributed by atoms with van der Waals surface area (Å²) >= 11 is 0. The zero-order valence-electron chi connectivity index (χ0n) is 18.4. The fourth-order valence-corrected chi connectivity index (χ4v) is 4.77. The van der Waals surface area contributed by atoms with Crippen molar-refractivity contribution in [2.24, 2.45) is 0 Å². The van der Waals surface area contributed by atoms with Gasteiger partial charge < -0.3 is 9.32 Å². The molecule has 0 spiro atoms. The molecule has 186 valence electrons. The summed E-state index contributed by atoms with van der Waals surface area (Å²) in [5, 5.41) is 6.25. The van der Waals surface area contributed by atoms with Gasteiger partial charge >= 0.3 is 18.1 Å². The molecular formula is C22H20F4N4O4S. The number of nitrogens with zero attached hydrogens (tertiary/aromatic N) is 4. The van der Waals surface area contributed by atoms with Crippen LogP contribution in [-0.2, 0) is 22.6 Å². The standard InChI is InChI=1S/C22H20F4N4O4S/c1-14-3-2-4-17(11-14)30(21(31)29-7-9-35(32,33)10-8-29)13-16-6-5-15(12-18(16)23)19-27-28-20(34-19)22(24,25)26/h2-6,11-12H,7-10,13H2,1H3. The third-order valence-electron chi connectivity index (χ3n) is 5.46. The summed E-state index contributed by atoms with van der Waals surface area (Å²) in [5.41, 5.74) is 1.38. The maximum Gasteiger partial charge on any atom is 0.470 e. The lowest BCUT2D eigenvalue weighted by Crippen LogP contribution is -2.49. The number of carbonyl (C=O) groups is 1. The quantitative estimate of drug-likeness (QED) is 0.489. The van der Waals surface area contributed by atoms with Crippen LogP contribution in [0.15, 0.2) is 46.9 Å². The molecule has 2 amide bonds. The van der Waals surface area contributed by atoms with E-state index < -0.39 is 39.6 Å². The van der Waals surface area contributed by atoms with Crippen LogP contribution in [0.3, 0.4) is 0 Å². The SMILES string of the molecule is Cc1cccc(N(Cc2ccc(-c3nnc(C(F)(F)F)o3)cc2F)C(=O)N2CCS(=O)(=O)CC2)c1. The summed E-state index contributed by atoms with van der Waals surface area (Å²) in [5.74, 6) is -3.15. The number of amides is 2. The summed E-state index contributed by atoms with van der Waals surface area (Å²) in [6.45, 7) is 1.66. The lowest BCUT2D eigenvalue weighted by molar-refractivity contribution is -0.156. The van der Waals surface area contributed by atoms with E-state index in [-0.39, 0.29) is 42.3 Å². The topological polar surface area (TPSA) is 96.6 Å². The van der Waals surface area contributed by atoms with E-state index in [1.165, 1.54) is 21.9 Å². The molecule has 8 nitrogen and oxygen atoms in total. The zero-order chi connectivity index (χ0) is 25.4. The van der Waals surface area contributed by atoms with Crippen LogP contribution >= 0.6 is 0 Å². The second-order valence-electron chi connectivity index (χ2n) is 8.06. The van der Waals surface area contributed by atoms with Crippen LogP contribution in [0.25, 0.3) is 11.5 Å². The molecule has 0 saturated carbocycles. The summed E-state index contributed by atoms with van der Waals surface area (Å²) in [6, 6.07) is 10.1. The van der Waals surface area contributed by atoms with E-state index in [1.54, 1.807) is 18.2 Å². The normalized spacial score (nSPS) is 15.7. The van der Waals surface area contributed by atoms with E-state index in [4.69, 9.17) is 0 Å². The molecule has 0 atom stereocenters. The van der Waals surface area contributed by atoms with E-state index in [0.29, 0.717) is 5.69 Å². The number of urea groups is 1. The van der Waals surface area contributed by atoms with Gasteiger partial charge in [-0.3, -0.25) is 4.90 Å². The van der Waals surface area contributed by atoms with Crippen LogP contribution in [0.4, 0.5) is 28.0 Å². The average molecular weight is 512 g/mol. The average Bonchev–Trinajstić information content (AvgIpc) is 3.29. The van der Waals surface area contributed by atoms with Crippen molar-refractivity contribution in [3.05, 3.63) is 65.3 Å². The number of hydrogen-bond donors (Lipinski definition) is 0. The number of halogens is 4. The maximum absolute atomic E-state index is 15.0. The van der Waals surface area contributed by atoms with Gasteiger partial charge in [-0.15, -0.1) is 10.2 Å². The molecule has 1 fully saturated rings. The lowest BCUT2D eigenvalue weighted by atomic mass is 10.1. The predicted molar refractivity (Wildman–Crippen MR) is 118 cm³/mol. The molecule has 0 N–H and O–H groups in total. The van der Waals surface area contributed by atoms with Crippen molar-refractivity contribution in [1.29, 1.82) is 0 Å². The molecule has 1 aliphatic heterocycles. The Balaban J connectivity index is 1.61. The summed E-state index contributed by atoms with van der Waals surface area (Å²) < 4.78 is 81.3. The van der Waals surface area contributed by atoms with Crippen molar-refractivity contribution in [1.82, 2.24) is 15.1 Å². The van der Waals surface area contributed by atoms with E-state index in [2.05, 4.69) is 14.6 Å². The number of benzene rings is 2. The van der Waals surface area contributed by atoms with Gasteiger partial charge in [-0.1, -0.05) is 18.2 Å². The van der Waals surface area contributed by atoms with Crippen LogP contribution in [0.2, 0.25) is 0 Å². The highest BCUT2D eigenvalue weighted by Gasteiger charge is 2.38. The Hall–Kier alpha value is -3.48. The first-order valence-electron chi connectivity index (χ1n) is 10.5. The van der Waals surface area contributed by atoms with Gasteiger partial charge in [-0.25, -0.2) is 17.6 Å². The number of sulfone groups is 1. The Morgan fingerprint density at radius 2 is 1.83 bits per heavy atom. The largest absolute Gasteiger partial charge is 0.470 e. The third-order valence-corrected chi connectivity index (χ3v) is 7.06. The summed E-state index contributed by atoms with van der Waals surface area (Å²) in [4.78, 5) is 16.0. The molecule has 0 radical (unpaired) electrons. The Morgan fingerprint density at radius 3 is 2.43 bits per heavy atom. The second-order valence-corrected chi connectivity index (χ2v) is 10.4. The van der Waals surface area contributed by atoms with Gasteiger partial charge in [-0.2, -0.15) is 13.2 Å². The van der Waals surface area contributed by atoms with Crippen LogP contribution in [-0.4, -0.2) is 54.1 Å². The van der Waals surface area contributed by atoms with Gasteiger partial charge in [-0.05, 0) is 36.8 Å².